The predicted octanol–water partition coefficient (Wildman–Crippen LogP) is 2.53. The van der Waals surface area contributed by atoms with Crippen LogP contribution in [0.15, 0.2) is 29.2 Å². The number of nitrogens with two attached hydrogens (primary N) is 1. The van der Waals surface area contributed by atoms with Gasteiger partial charge in [0, 0.05) is 0 Å². The number of rotatable bonds is 4. The fourth-order valence-corrected chi connectivity index (χ4v) is 1.84. The third-order valence-electron chi connectivity index (χ3n) is 2.44. The molecule has 0 saturated heterocycles. The van der Waals surface area contributed by atoms with E-state index >= 15 is 0 Å². The maximum absolute atomic E-state index is 11.1. The molecule has 2 N–H and O–H groups in total. The number of hydrogen-bond donors (Lipinski definition) is 1. The Morgan fingerprint density at radius 1 is 1.29 bits per heavy atom. The third-order valence-corrected chi connectivity index (χ3v) is 3.46. The number of sulfonamides is 1. The van der Waals surface area contributed by atoms with Gasteiger partial charge in [-0.2, -0.15) is 0 Å². The molecule has 1 aromatic carbocycles. The van der Waals surface area contributed by atoms with Crippen LogP contribution in [-0.4, -0.2) is 8.42 Å². The average molecular weight is 253 g/mol. The summed E-state index contributed by atoms with van der Waals surface area (Å²) in [5.74, 6) is 0.613. The Hall–Kier alpha value is -1.13. The van der Waals surface area contributed by atoms with Gasteiger partial charge >= 0.3 is 0 Å². The highest BCUT2D eigenvalue weighted by Crippen LogP contribution is 2.13. The van der Waals surface area contributed by atoms with Gasteiger partial charge in [-0.1, -0.05) is 38.1 Å². The molecule has 0 aliphatic rings. The topological polar surface area (TPSA) is 60.2 Å². The molecule has 17 heavy (non-hydrogen) atoms. The summed E-state index contributed by atoms with van der Waals surface area (Å²) in [5.41, 5.74) is 2.11. The van der Waals surface area contributed by atoms with Gasteiger partial charge in [-0.3, -0.25) is 0 Å². The molecule has 0 aliphatic heterocycles. The molecule has 0 atom stereocenters. The predicted molar refractivity (Wildman–Crippen MR) is 71.7 cm³/mol. The van der Waals surface area contributed by atoms with Crippen molar-refractivity contribution in [1.29, 1.82) is 0 Å². The first kappa shape index (κ1) is 13.9. The van der Waals surface area contributed by atoms with Crippen LogP contribution in [0.3, 0.4) is 0 Å². The monoisotopic (exact) mass is 253 g/mol. The molecular weight excluding hydrogens is 234 g/mol. The molecule has 4 heteroatoms. The van der Waals surface area contributed by atoms with Crippen molar-refractivity contribution >= 4 is 16.1 Å². The van der Waals surface area contributed by atoms with Crippen LogP contribution in [0.5, 0.6) is 0 Å². The minimum Gasteiger partial charge on any atom is -0.225 e. The van der Waals surface area contributed by atoms with E-state index < -0.39 is 10.0 Å². The highest BCUT2D eigenvalue weighted by atomic mass is 32.2. The third kappa shape index (κ3) is 4.71. The highest BCUT2D eigenvalue weighted by Gasteiger charge is 2.05. The lowest BCUT2D eigenvalue weighted by Crippen LogP contribution is -2.12. The number of primary sulfonamides is 1. The minimum absolute atomic E-state index is 0.175. The average Bonchev–Trinajstić information content (AvgIpc) is 2.18. The van der Waals surface area contributed by atoms with E-state index in [-0.39, 0.29) is 4.91 Å². The molecular formula is C13H19NO2S. The van der Waals surface area contributed by atoms with Crippen LogP contribution in [0, 0.1) is 5.92 Å². The lowest BCUT2D eigenvalue weighted by Gasteiger charge is -2.05. The molecule has 0 aromatic heterocycles. The second-order valence-electron chi connectivity index (χ2n) is 4.64. The Morgan fingerprint density at radius 2 is 1.82 bits per heavy atom. The Kier molecular flexibility index (Phi) is 4.48. The summed E-state index contributed by atoms with van der Waals surface area (Å²) in [7, 11) is -3.57. The summed E-state index contributed by atoms with van der Waals surface area (Å²) in [4.78, 5) is 0.175. The standard InChI is InChI=1S/C13H19NO2S/c1-10(2)8-12-4-6-13(7-5-12)9-11(3)17(14,15)16/h4-7,9-10H,8H2,1-3H3,(H2,14,15,16)/b11-9+. The summed E-state index contributed by atoms with van der Waals surface area (Å²) in [6.45, 7) is 5.83. The van der Waals surface area contributed by atoms with Gasteiger partial charge in [0.2, 0.25) is 10.0 Å². The van der Waals surface area contributed by atoms with Crippen molar-refractivity contribution in [3.05, 3.63) is 40.3 Å². The van der Waals surface area contributed by atoms with Gasteiger partial charge in [-0.15, -0.1) is 0 Å². The molecule has 0 amide bonds. The number of hydrogen-bond acceptors (Lipinski definition) is 2. The normalized spacial score (nSPS) is 13.1. The molecule has 0 radical (unpaired) electrons. The minimum atomic E-state index is -3.57. The maximum atomic E-state index is 11.1. The second-order valence-corrected chi connectivity index (χ2v) is 6.37. The molecule has 1 aromatic rings. The Balaban J connectivity index is 2.89. The lowest BCUT2D eigenvalue weighted by molar-refractivity contribution is 0.604. The van der Waals surface area contributed by atoms with E-state index in [1.165, 1.54) is 12.5 Å². The van der Waals surface area contributed by atoms with Crippen molar-refractivity contribution in [3.8, 4) is 0 Å². The van der Waals surface area contributed by atoms with Crippen LogP contribution in [0.25, 0.3) is 6.08 Å². The van der Waals surface area contributed by atoms with Crippen LogP contribution >= 0.6 is 0 Å². The largest absolute Gasteiger partial charge is 0.233 e. The molecule has 94 valence electrons. The zero-order valence-electron chi connectivity index (χ0n) is 10.5. The van der Waals surface area contributed by atoms with E-state index in [0.717, 1.165) is 12.0 Å². The molecule has 0 unspecified atom stereocenters. The fourth-order valence-electron chi connectivity index (χ4n) is 1.54. The molecule has 3 nitrogen and oxygen atoms in total. The lowest BCUT2D eigenvalue weighted by atomic mass is 10.0. The quantitative estimate of drug-likeness (QED) is 0.896. The Bertz CT molecular complexity index is 499. The van der Waals surface area contributed by atoms with E-state index in [9.17, 15) is 8.42 Å². The van der Waals surface area contributed by atoms with Crippen LogP contribution in [-0.2, 0) is 16.4 Å². The van der Waals surface area contributed by atoms with Crippen LogP contribution < -0.4 is 5.14 Å². The van der Waals surface area contributed by atoms with Crippen LogP contribution in [0.4, 0.5) is 0 Å². The molecule has 0 spiro atoms. The SMILES string of the molecule is C/C(=C\c1ccc(CC(C)C)cc1)S(N)(=O)=O. The van der Waals surface area contributed by atoms with E-state index in [1.54, 1.807) is 6.08 Å². The second kappa shape index (κ2) is 5.47. The summed E-state index contributed by atoms with van der Waals surface area (Å²) in [6, 6.07) is 7.85. The van der Waals surface area contributed by atoms with E-state index in [2.05, 4.69) is 13.8 Å². The number of benzene rings is 1. The van der Waals surface area contributed by atoms with Gasteiger partial charge in [0.25, 0.3) is 0 Å². The zero-order valence-corrected chi connectivity index (χ0v) is 11.3. The molecule has 1 rings (SSSR count). The summed E-state index contributed by atoms with van der Waals surface area (Å²) in [6.07, 6.45) is 2.60. The van der Waals surface area contributed by atoms with Crippen molar-refractivity contribution in [2.75, 3.05) is 0 Å². The van der Waals surface area contributed by atoms with Gasteiger partial charge in [-0.25, -0.2) is 13.6 Å². The fraction of sp³-hybridized carbons (Fsp3) is 0.385. The zero-order chi connectivity index (χ0) is 13.1. The first-order valence-electron chi connectivity index (χ1n) is 5.59. The maximum Gasteiger partial charge on any atom is 0.233 e. The molecule has 0 bridgehead atoms. The van der Waals surface area contributed by atoms with Crippen molar-refractivity contribution in [1.82, 2.24) is 0 Å². The number of allylic oxidation sites excluding steroid dienone is 1. The smallest absolute Gasteiger partial charge is 0.225 e. The molecule has 0 aliphatic carbocycles. The van der Waals surface area contributed by atoms with Crippen molar-refractivity contribution in [3.63, 3.8) is 0 Å². The summed E-state index contributed by atoms with van der Waals surface area (Å²) in [5, 5.41) is 5.03. The van der Waals surface area contributed by atoms with E-state index in [1.807, 2.05) is 24.3 Å². The van der Waals surface area contributed by atoms with Crippen molar-refractivity contribution in [2.24, 2.45) is 11.1 Å². The van der Waals surface area contributed by atoms with Crippen molar-refractivity contribution < 1.29 is 8.42 Å². The first-order valence-corrected chi connectivity index (χ1v) is 7.13. The van der Waals surface area contributed by atoms with Gasteiger partial charge in [0.05, 0.1) is 4.91 Å². The van der Waals surface area contributed by atoms with Crippen molar-refractivity contribution in [2.45, 2.75) is 27.2 Å². The molecule has 0 saturated carbocycles. The van der Waals surface area contributed by atoms with Gasteiger partial charge in [-0.05, 0) is 36.5 Å². The first-order chi connectivity index (χ1) is 7.79. The highest BCUT2D eigenvalue weighted by molar-refractivity contribution is 7.93. The van der Waals surface area contributed by atoms with Crippen LogP contribution in [0.1, 0.15) is 31.9 Å². The van der Waals surface area contributed by atoms with E-state index in [4.69, 9.17) is 5.14 Å². The van der Waals surface area contributed by atoms with Gasteiger partial charge in [0.1, 0.15) is 0 Å². The Morgan fingerprint density at radius 3 is 2.24 bits per heavy atom. The van der Waals surface area contributed by atoms with E-state index in [0.29, 0.717) is 5.92 Å². The molecule has 0 heterocycles. The Labute approximate surface area is 103 Å². The summed E-state index contributed by atoms with van der Waals surface area (Å²) < 4.78 is 22.1. The van der Waals surface area contributed by atoms with Gasteiger partial charge < -0.3 is 0 Å². The molecule has 0 fully saturated rings. The van der Waals surface area contributed by atoms with Crippen LogP contribution in [0.2, 0.25) is 0 Å². The van der Waals surface area contributed by atoms with Gasteiger partial charge in [0.15, 0.2) is 0 Å². The summed E-state index contributed by atoms with van der Waals surface area (Å²) >= 11 is 0.